The van der Waals surface area contributed by atoms with E-state index in [4.69, 9.17) is 0 Å². The SMILES string of the molecule is CB(O)N1CCC(n2ncc([N+](=O)[O-])c2C)CC1. The first-order valence-electron chi connectivity index (χ1n) is 6.11. The Morgan fingerprint density at radius 2 is 2.17 bits per heavy atom. The minimum absolute atomic E-state index is 0.0768. The smallest absolute Gasteiger partial charge is 0.376 e. The maximum absolute atomic E-state index is 10.8. The minimum Gasteiger partial charge on any atom is -0.437 e. The van der Waals surface area contributed by atoms with Gasteiger partial charge in [-0.05, 0) is 39.7 Å². The zero-order chi connectivity index (χ0) is 13.3. The molecule has 98 valence electrons. The fraction of sp³-hybridized carbons (Fsp3) is 0.700. The quantitative estimate of drug-likeness (QED) is 0.489. The zero-order valence-electron chi connectivity index (χ0n) is 10.6. The highest BCUT2D eigenvalue weighted by atomic mass is 16.6. The number of nitrogens with zero attached hydrogens (tertiary/aromatic N) is 4. The van der Waals surface area contributed by atoms with E-state index in [1.165, 1.54) is 6.20 Å². The van der Waals surface area contributed by atoms with Gasteiger partial charge in [0, 0.05) is 0 Å². The largest absolute Gasteiger partial charge is 0.437 e. The van der Waals surface area contributed by atoms with Crippen molar-refractivity contribution in [3.63, 3.8) is 0 Å². The lowest BCUT2D eigenvalue weighted by molar-refractivity contribution is -0.385. The van der Waals surface area contributed by atoms with Gasteiger partial charge in [-0.1, -0.05) is 0 Å². The summed E-state index contributed by atoms with van der Waals surface area (Å²) in [7, 11) is -0.431. The molecule has 1 aliphatic rings. The lowest BCUT2D eigenvalue weighted by Gasteiger charge is -2.32. The van der Waals surface area contributed by atoms with Gasteiger partial charge in [-0.15, -0.1) is 0 Å². The molecule has 0 radical (unpaired) electrons. The Balaban J connectivity index is 2.08. The summed E-state index contributed by atoms with van der Waals surface area (Å²) in [5.74, 6) is 0. The van der Waals surface area contributed by atoms with Gasteiger partial charge in [0.25, 0.3) is 0 Å². The fourth-order valence-corrected chi connectivity index (χ4v) is 2.47. The van der Waals surface area contributed by atoms with E-state index >= 15 is 0 Å². The molecule has 0 amide bonds. The number of nitro groups is 1. The van der Waals surface area contributed by atoms with E-state index < -0.39 is 12.0 Å². The zero-order valence-corrected chi connectivity index (χ0v) is 10.6. The van der Waals surface area contributed by atoms with E-state index in [1.54, 1.807) is 18.4 Å². The molecule has 1 aromatic heterocycles. The lowest BCUT2D eigenvalue weighted by Crippen LogP contribution is -2.43. The second-order valence-corrected chi connectivity index (χ2v) is 4.72. The van der Waals surface area contributed by atoms with Crippen LogP contribution in [0, 0.1) is 17.0 Å². The Labute approximate surface area is 106 Å². The molecule has 18 heavy (non-hydrogen) atoms. The van der Waals surface area contributed by atoms with Crippen LogP contribution in [0.3, 0.4) is 0 Å². The molecule has 2 heterocycles. The Morgan fingerprint density at radius 3 is 2.61 bits per heavy atom. The van der Waals surface area contributed by atoms with Crippen LogP contribution in [-0.4, -0.2) is 44.7 Å². The summed E-state index contributed by atoms with van der Waals surface area (Å²) in [6.45, 7) is 5.06. The summed E-state index contributed by atoms with van der Waals surface area (Å²) in [6.07, 6.45) is 3.02. The maximum atomic E-state index is 10.8. The van der Waals surface area contributed by atoms with Crippen molar-refractivity contribution in [1.82, 2.24) is 14.6 Å². The number of piperidine rings is 1. The van der Waals surface area contributed by atoms with Crippen molar-refractivity contribution in [2.45, 2.75) is 32.6 Å². The van der Waals surface area contributed by atoms with Crippen LogP contribution >= 0.6 is 0 Å². The molecule has 0 spiro atoms. The van der Waals surface area contributed by atoms with Crippen molar-refractivity contribution in [3.8, 4) is 0 Å². The van der Waals surface area contributed by atoms with Crippen LogP contribution in [-0.2, 0) is 0 Å². The molecule has 0 aliphatic carbocycles. The minimum atomic E-state index is -0.431. The van der Waals surface area contributed by atoms with E-state index in [-0.39, 0.29) is 11.7 Å². The molecule has 0 aromatic carbocycles. The van der Waals surface area contributed by atoms with Crippen molar-refractivity contribution in [2.75, 3.05) is 13.1 Å². The number of hydrogen-bond acceptors (Lipinski definition) is 5. The van der Waals surface area contributed by atoms with E-state index in [2.05, 4.69) is 5.10 Å². The summed E-state index contributed by atoms with van der Waals surface area (Å²) < 4.78 is 1.75. The molecule has 1 fully saturated rings. The number of hydrogen-bond donors (Lipinski definition) is 1. The summed E-state index contributed by atoms with van der Waals surface area (Å²) in [4.78, 5) is 12.4. The van der Waals surface area contributed by atoms with Gasteiger partial charge in [0.2, 0.25) is 0 Å². The van der Waals surface area contributed by atoms with Crippen LogP contribution in [0.5, 0.6) is 0 Å². The van der Waals surface area contributed by atoms with Crippen LogP contribution in [0.2, 0.25) is 6.82 Å². The highest BCUT2D eigenvalue weighted by Gasteiger charge is 2.28. The summed E-state index contributed by atoms with van der Waals surface area (Å²) >= 11 is 0. The molecule has 1 saturated heterocycles. The maximum Gasteiger partial charge on any atom is 0.376 e. The first kappa shape index (κ1) is 13.0. The first-order valence-corrected chi connectivity index (χ1v) is 6.11. The Kier molecular flexibility index (Phi) is 3.67. The van der Waals surface area contributed by atoms with Crippen LogP contribution < -0.4 is 0 Å². The van der Waals surface area contributed by atoms with Gasteiger partial charge >= 0.3 is 12.7 Å². The molecule has 0 unspecified atom stereocenters. The molecule has 1 aliphatic heterocycles. The second-order valence-electron chi connectivity index (χ2n) is 4.72. The molecular weight excluding hydrogens is 235 g/mol. The van der Waals surface area contributed by atoms with Crippen LogP contribution in [0.25, 0.3) is 0 Å². The van der Waals surface area contributed by atoms with Gasteiger partial charge in [0.05, 0.1) is 11.0 Å². The highest BCUT2D eigenvalue weighted by molar-refractivity contribution is 6.45. The molecule has 0 bridgehead atoms. The van der Waals surface area contributed by atoms with Gasteiger partial charge in [-0.25, -0.2) is 0 Å². The molecule has 1 aromatic rings. The van der Waals surface area contributed by atoms with Crippen molar-refractivity contribution in [1.29, 1.82) is 0 Å². The number of aromatic nitrogens is 2. The van der Waals surface area contributed by atoms with Crippen LogP contribution in [0.4, 0.5) is 5.69 Å². The van der Waals surface area contributed by atoms with Gasteiger partial charge in [-0.3, -0.25) is 14.8 Å². The van der Waals surface area contributed by atoms with Crippen LogP contribution in [0.15, 0.2) is 6.20 Å². The predicted molar refractivity (Wildman–Crippen MR) is 67.3 cm³/mol. The summed E-state index contributed by atoms with van der Waals surface area (Å²) in [6, 6.07) is 0.189. The van der Waals surface area contributed by atoms with E-state index in [0.717, 1.165) is 25.9 Å². The van der Waals surface area contributed by atoms with Crippen molar-refractivity contribution >= 4 is 12.7 Å². The van der Waals surface area contributed by atoms with E-state index in [1.807, 2.05) is 4.81 Å². The topological polar surface area (TPSA) is 84.4 Å². The second kappa shape index (κ2) is 5.07. The molecule has 0 saturated carbocycles. The summed E-state index contributed by atoms with van der Waals surface area (Å²) in [5.41, 5.74) is 0.684. The highest BCUT2D eigenvalue weighted by Crippen LogP contribution is 2.27. The monoisotopic (exact) mass is 252 g/mol. The predicted octanol–water partition coefficient (Wildman–Crippen LogP) is 0.847. The average molecular weight is 252 g/mol. The van der Waals surface area contributed by atoms with Gasteiger partial charge in [0.1, 0.15) is 11.9 Å². The third kappa shape index (κ3) is 2.39. The molecule has 8 heteroatoms. The van der Waals surface area contributed by atoms with Crippen molar-refractivity contribution in [3.05, 3.63) is 22.0 Å². The van der Waals surface area contributed by atoms with E-state index in [9.17, 15) is 15.1 Å². The molecule has 1 N–H and O–H groups in total. The van der Waals surface area contributed by atoms with Crippen molar-refractivity contribution in [2.24, 2.45) is 0 Å². The summed E-state index contributed by atoms with van der Waals surface area (Å²) in [5, 5.41) is 24.4. The number of rotatable bonds is 3. The third-order valence-electron chi connectivity index (χ3n) is 3.59. The molecular formula is C10H17BN4O3. The van der Waals surface area contributed by atoms with Gasteiger partial charge in [-0.2, -0.15) is 5.10 Å². The fourth-order valence-electron chi connectivity index (χ4n) is 2.47. The first-order chi connectivity index (χ1) is 8.50. The standard InChI is InChI=1S/C10H17BN4O3/c1-8-10(15(17)18)7-12-14(8)9-3-5-13(6-4-9)11(2)16/h7,9,16H,3-6H2,1-2H3. The molecule has 0 atom stereocenters. The Bertz CT molecular complexity index is 440. The normalized spacial score (nSPS) is 17.9. The van der Waals surface area contributed by atoms with Gasteiger partial charge in [0.15, 0.2) is 0 Å². The lowest BCUT2D eigenvalue weighted by atomic mass is 9.82. The molecule has 2 rings (SSSR count). The third-order valence-corrected chi connectivity index (χ3v) is 3.59. The Hall–Kier alpha value is -1.41. The van der Waals surface area contributed by atoms with Gasteiger partial charge < -0.3 is 9.83 Å². The Morgan fingerprint density at radius 1 is 1.56 bits per heavy atom. The van der Waals surface area contributed by atoms with Crippen molar-refractivity contribution < 1.29 is 9.95 Å². The van der Waals surface area contributed by atoms with E-state index in [0.29, 0.717) is 5.69 Å². The molecule has 7 nitrogen and oxygen atoms in total. The average Bonchev–Trinajstić information content (AvgIpc) is 2.71. The van der Waals surface area contributed by atoms with Crippen LogP contribution in [0.1, 0.15) is 24.6 Å².